The fraction of sp³-hybridized carbons (Fsp3) is 0.310. The Labute approximate surface area is 240 Å². The molecule has 0 radical (unpaired) electrons. The van der Waals surface area contributed by atoms with Crippen LogP contribution in [0, 0.1) is 11.3 Å². The van der Waals surface area contributed by atoms with Crippen LogP contribution in [0.4, 0.5) is 19.0 Å². The molecule has 0 aliphatic carbocycles. The molecule has 0 N–H and O–H groups in total. The van der Waals surface area contributed by atoms with Gasteiger partial charge in [0.1, 0.15) is 11.9 Å². The van der Waals surface area contributed by atoms with Gasteiger partial charge in [0.2, 0.25) is 0 Å². The zero-order chi connectivity index (χ0) is 29.9. The SMILES string of the molecule is CO[C@@](C(=O)N1CCN(c2ncc(-c3ccc(C(=O)N(C)C)c(Cl)c3)cc2C#N)CC1)(c1ccccc1)C(F)(F)F. The molecule has 2 aromatic carbocycles. The van der Waals surface area contributed by atoms with E-state index in [2.05, 4.69) is 11.1 Å². The summed E-state index contributed by atoms with van der Waals surface area (Å²) in [6, 6.07) is 15.5. The first kappa shape index (κ1) is 29.8. The van der Waals surface area contributed by atoms with Gasteiger partial charge in [-0.1, -0.05) is 48.0 Å². The van der Waals surface area contributed by atoms with E-state index < -0.39 is 17.7 Å². The Bertz CT molecular complexity index is 1490. The Morgan fingerprint density at radius 1 is 1.02 bits per heavy atom. The molecule has 2 heterocycles. The largest absolute Gasteiger partial charge is 0.430 e. The summed E-state index contributed by atoms with van der Waals surface area (Å²) in [4.78, 5) is 34.4. The van der Waals surface area contributed by atoms with Crippen LogP contribution >= 0.6 is 11.6 Å². The molecule has 3 aromatic rings. The predicted octanol–water partition coefficient (Wildman–Crippen LogP) is 4.73. The average molecular weight is 586 g/mol. The highest BCUT2D eigenvalue weighted by atomic mass is 35.5. The molecule has 8 nitrogen and oxygen atoms in total. The second-order valence-corrected chi connectivity index (χ2v) is 10.0. The first-order chi connectivity index (χ1) is 19.4. The van der Waals surface area contributed by atoms with Crippen LogP contribution in [0.25, 0.3) is 11.1 Å². The van der Waals surface area contributed by atoms with Gasteiger partial charge in [0.15, 0.2) is 0 Å². The molecule has 1 aliphatic heterocycles. The number of aromatic nitrogens is 1. The van der Waals surface area contributed by atoms with Gasteiger partial charge in [-0.15, -0.1) is 0 Å². The Kier molecular flexibility index (Phi) is 8.56. The number of anilines is 1. The molecule has 1 atom stereocenters. The lowest BCUT2D eigenvalue weighted by molar-refractivity contribution is -0.270. The summed E-state index contributed by atoms with van der Waals surface area (Å²) in [6.45, 7) is 0.259. The van der Waals surface area contributed by atoms with Crippen LogP contribution in [0.2, 0.25) is 5.02 Å². The Morgan fingerprint density at radius 3 is 2.22 bits per heavy atom. The molecule has 4 rings (SSSR count). The van der Waals surface area contributed by atoms with Gasteiger partial charge < -0.3 is 19.4 Å². The predicted molar refractivity (Wildman–Crippen MR) is 147 cm³/mol. The molecular weight excluding hydrogens is 559 g/mol. The Balaban J connectivity index is 1.54. The van der Waals surface area contributed by atoms with Gasteiger partial charge in [-0.05, 0) is 23.8 Å². The summed E-state index contributed by atoms with van der Waals surface area (Å²) in [5, 5.41) is 10.1. The molecule has 1 saturated heterocycles. The fourth-order valence-electron chi connectivity index (χ4n) is 4.80. The van der Waals surface area contributed by atoms with Crippen molar-refractivity contribution in [1.82, 2.24) is 14.8 Å². The average Bonchev–Trinajstić information content (AvgIpc) is 2.97. The van der Waals surface area contributed by atoms with Crippen LogP contribution in [0.5, 0.6) is 0 Å². The van der Waals surface area contributed by atoms with E-state index >= 15 is 0 Å². The van der Waals surface area contributed by atoms with Gasteiger partial charge in [0.05, 0.1) is 16.1 Å². The van der Waals surface area contributed by atoms with Crippen molar-refractivity contribution in [2.45, 2.75) is 11.8 Å². The highest BCUT2D eigenvalue weighted by Gasteiger charge is 2.63. The number of piperazine rings is 1. The third-order valence-electron chi connectivity index (χ3n) is 6.98. The molecule has 1 aromatic heterocycles. The second-order valence-electron chi connectivity index (χ2n) is 9.63. The second kappa shape index (κ2) is 11.8. The van der Waals surface area contributed by atoms with Crippen molar-refractivity contribution >= 4 is 29.2 Å². The first-order valence-corrected chi connectivity index (χ1v) is 13.0. The summed E-state index contributed by atoms with van der Waals surface area (Å²) in [5.74, 6) is -1.09. The number of ether oxygens (including phenoxy) is 1. The lowest BCUT2D eigenvalue weighted by Crippen LogP contribution is -2.60. The number of benzene rings is 2. The van der Waals surface area contributed by atoms with Crippen molar-refractivity contribution < 1.29 is 27.5 Å². The van der Waals surface area contributed by atoms with Crippen molar-refractivity contribution in [2.75, 3.05) is 52.3 Å². The summed E-state index contributed by atoms with van der Waals surface area (Å²) >= 11 is 6.34. The lowest BCUT2D eigenvalue weighted by atomic mass is 9.90. The molecule has 0 bridgehead atoms. The third kappa shape index (κ3) is 5.58. The van der Waals surface area contributed by atoms with E-state index in [4.69, 9.17) is 16.3 Å². The molecule has 1 fully saturated rings. The maximum absolute atomic E-state index is 14.4. The molecule has 0 spiro atoms. The lowest BCUT2D eigenvalue weighted by Gasteiger charge is -2.41. The minimum atomic E-state index is -5.00. The van der Waals surface area contributed by atoms with E-state index in [1.165, 1.54) is 29.2 Å². The summed E-state index contributed by atoms with van der Waals surface area (Å²) in [6.07, 6.45) is -3.44. The topological polar surface area (TPSA) is 89.8 Å². The number of nitriles is 1. The molecule has 1 aliphatic rings. The van der Waals surface area contributed by atoms with Gasteiger partial charge in [-0.25, -0.2) is 4.98 Å². The van der Waals surface area contributed by atoms with Gasteiger partial charge in [0.25, 0.3) is 17.4 Å². The van der Waals surface area contributed by atoms with Crippen molar-refractivity contribution in [3.8, 4) is 17.2 Å². The number of methoxy groups -OCH3 is 1. The highest BCUT2D eigenvalue weighted by Crippen LogP contribution is 2.43. The van der Waals surface area contributed by atoms with E-state index in [9.17, 15) is 28.0 Å². The monoisotopic (exact) mass is 585 g/mol. The van der Waals surface area contributed by atoms with Crippen molar-refractivity contribution in [3.63, 3.8) is 0 Å². The van der Waals surface area contributed by atoms with E-state index in [1.807, 2.05) is 0 Å². The van der Waals surface area contributed by atoms with E-state index in [0.717, 1.165) is 12.0 Å². The first-order valence-electron chi connectivity index (χ1n) is 12.6. The number of hydrogen-bond donors (Lipinski definition) is 0. The van der Waals surface area contributed by atoms with E-state index in [1.54, 1.807) is 55.5 Å². The van der Waals surface area contributed by atoms with Crippen molar-refractivity contribution in [3.05, 3.63) is 82.5 Å². The molecule has 0 saturated carbocycles. The zero-order valence-electron chi connectivity index (χ0n) is 22.6. The molecule has 12 heteroatoms. The van der Waals surface area contributed by atoms with Gasteiger partial charge in [0, 0.05) is 64.7 Å². The Hall–Kier alpha value is -4.14. The maximum atomic E-state index is 14.4. The van der Waals surface area contributed by atoms with Crippen LogP contribution in [0.3, 0.4) is 0 Å². The number of carbonyl (C=O) groups excluding carboxylic acids is 2. The number of alkyl halides is 3. The zero-order valence-corrected chi connectivity index (χ0v) is 23.3. The number of rotatable bonds is 6. The van der Waals surface area contributed by atoms with Gasteiger partial charge in [-0.3, -0.25) is 9.59 Å². The van der Waals surface area contributed by atoms with Crippen LogP contribution in [-0.4, -0.2) is 80.2 Å². The van der Waals surface area contributed by atoms with Crippen LogP contribution in [0.1, 0.15) is 21.5 Å². The molecule has 41 heavy (non-hydrogen) atoms. The third-order valence-corrected chi connectivity index (χ3v) is 7.29. The van der Waals surface area contributed by atoms with E-state index in [-0.39, 0.29) is 48.2 Å². The molecule has 214 valence electrons. The number of hydrogen-bond acceptors (Lipinski definition) is 6. The summed E-state index contributed by atoms with van der Waals surface area (Å²) < 4.78 is 48.0. The van der Waals surface area contributed by atoms with Crippen molar-refractivity contribution in [2.24, 2.45) is 0 Å². The van der Waals surface area contributed by atoms with Crippen LogP contribution in [0.15, 0.2) is 60.8 Å². The molecule has 2 amide bonds. The summed E-state index contributed by atoms with van der Waals surface area (Å²) in [5.41, 5.74) is -1.60. The highest BCUT2D eigenvalue weighted by molar-refractivity contribution is 6.34. The summed E-state index contributed by atoms with van der Waals surface area (Å²) in [7, 11) is 4.12. The fourth-order valence-corrected chi connectivity index (χ4v) is 5.07. The quantitative estimate of drug-likeness (QED) is 0.416. The Morgan fingerprint density at radius 2 is 1.68 bits per heavy atom. The van der Waals surface area contributed by atoms with Gasteiger partial charge in [-0.2, -0.15) is 18.4 Å². The maximum Gasteiger partial charge on any atom is 0.430 e. The normalized spacial score (nSPS) is 15.2. The number of nitrogens with zero attached hydrogens (tertiary/aromatic N) is 5. The number of amides is 2. The van der Waals surface area contributed by atoms with Crippen LogP contribution < -0.4 is 4.90 Å². The minimum Gasteiger partial charge on any atom is -0.356 e. The smallest absolute Gasteiger partial charge is 0.356 e. The van der Waals surface area contributed by atoms with Gasteiger partial charge >= 0.3 is 6.18 Å². The number of carbonyl (C=O) groups is 2. The number of pyridine rings is 1. The van der Waals surface area contributed by atoms with E-state index in [0.29, 0.717) is 22.5 Å². The molecular formula is C29H27ClF3N5O3. The van der Waals surface area contributed by atoms with Crippen molar-refractivity contribution in [1.29, 1.82) is 5.26 Å². The number of halogens is 4. The molecule has 0 unspecified atom stereocenters. The van der Waals surface area contributed by atoms with Crippen LogP contribution in [-0.2, 0) is 15.1 Å². The standard InChI is InChI=1S/C29H27ClF3N5O3/c1-36(2)26(39)23-10-9-19(16-24(23)30)21-15-20(17-34)25(35-18-21)37-11-13-38(14-12-37)27(40)28(41-3,29(31,32)33)22-7-5-4-6-8-22/h4-10,15-16,18H,11-14H2,1-3H3/t28-/m1/s1. The minimum absolute atomic E-state index is 0.0296.